The van der Waals surface area contributed by atoms with Crippen LogP contribution in [0.3, 0.4) is 0 Å². The Morgan fingerprint density at radius 1 is 1.06 bits per heavy atom. The average Bonchev–Trinajstić information content (AvgIpc) is 3.61. The van der Waals surface area contributed by atoms with Crippen molar-refractivity contribution in [3.8, 4) is 11.6 Å². The number of hydrogen-bond acceptors (Lipinski definition) is 5. The van der Waals surface area contributed by atoms with Crippen LogP contribution in [0.2, 0.25) is 0 Å². The summed E-state index contributed by atoms with van der Waals surface area (Å²) in [5.74, 6) is 2.58. The van der Waals surface area contributed by atoms with E-state index in [4.69, 9.17) is 9.72 Å². The number of carbonyl (C=O) groups is 1. The summed E-state index contributed by atoms with van der Waals surface area (Å²) in [5.41, 5.74) is 1.61. The molecule has 4 heterocycles. The standard InChI is InChI=1S/C26H31N5O2/c1-20-27-13-17-30(20)25-8-4-6-23(28-25)24-7-5-16-31(24)26(32)21-9-11-22(12-10-21)33-19-18-29-14-2-3-15-29/h4,6,8-13,17,24H,2-3,5,7,14-16,18-19H2,1H3. The van der Waals surface area contributed by atoms with Crippen LogP contribution in [-0.4, -0.2) is 63.0 Å². The third-order valence-corrected chi connectivity index (χ3v) is 6.66. The van der Waals surface area contributed by atoms with E-state index in [1.165, 1.54) is 25.9 Å². The first-order valence-corrected chi connectivity index (χ1v) is 11.9. The van der Waals surface area contributed by atoms with Crippen molar-refractivity contribution in [1.29, 1.82) is 0 Å². The SMILES string of the molecule is Cc1nccn1-c1cccc(C2CCCN2C(=O)c2ccc(OCCN3CCCC3)cc2)n1. The second-order valence-electron chi connectivity index (χ2n) is 8.84. The molecule has 0 aliphatic carbocycles. The molecule has 1 atom stereocenters. The topological polar surface area (TPSA) is 63.5 Å². The number of rotatable bonds is 7. The minimum atomic E-state index is -0.0161. The highest BCUT2D eigenvalue weighted by Gasteiger charge is 2.31. The fourth-order valence-electron chi connectivity index (χ4n) is 4.86. The largest absolute Gasteiger partial charge is 0.492 e. The summed E-state index contributed by atoms with van der Waals surface area (Å²) in [4.78, 5) is 26.9. The molecule has 1 amide bonds. The Labute approximate surface area is 195 Å². The van der Waals surface area contributed by atoms with Crippen molar-refractivity contribution in [3.63, 3.8) is 0 Å². The molecule has 7 nitrogen and oxygen atoms in total. The Balaban J connectivity index is 1.25. The van der Waals surface area contributed by atoms with Gasteiger partial charge in [-0.05, 0) is 82.1 Å². The number of ether oxygens (including phenoxy) is 1. The van der Waals surface area contributed by atoms with E-state index in [1.54, 1.807) is 6.20 Å². The number of pyridine rings is 1. The van der Waals surface area contributed by atoms with Crippen LogP contribution in [0.4, 0.5) is 0 Å². The molecule has 0 N–H and O–H groups in total. The van der Waals surface area contributed by atoms with Crippen LogP contribution in [-0.2, 0) is 0 Å². The summed E-state index contributed by atoms with van der Waals surface area (Å²) in [6, 6.07) is 13.5. The van der Waals surface area contributed by atoms with Gasteiger partial charge < -0.3 is 9.64 Å². The number of carbonyl (C=O) groups excluding carboxylic acids is 1. The normalized spacial score (nSPS) is 18.7. The van der Waals surface area contributed by atoms with Crippen LogP contribution in [0.1, 0.15) is 53.6 Å². The lowest BCUT2D eigenvalue weighted by Crippen LogP contribution is -2.31. The Hall–Kier alpha value is -3.19. The highest BCUT2D eigenvalue weighted by atomic mass is 16.5. The molecule has 2 aliphatic rings. The van der Waals surface area contributed by atoms with E-state index in [0.29, 0.717) is 12.2 Å². The maximum absolute atomic E-state index is 13.3. The van der Waals surface area contributed by atoms with Gasteiger partial charge in [-0.25, -0.2) is 9.97 Å². The molecule has 2 saturated heterocycles. The molecule has 3 aromatic rings. The fraction of sp³-hybridized carbons (Fsp3) is 0.423. The first-order chi connectivity index (χ1) is 16.2. The summed E-state index contributed by atoms with van der Waals surface area (Å²) in [6.07, 6.45) is 8.16. The van der Waals surface area contributed by atoms with E-state index >= 15 is 0 Å². The number of hydrogen-bond donors (Lipinski definition) is 0. The van der Waals surface area contributed by atoms with Crippen LogP contribution < -0.4 is 4.74 Å². The van der Waals surface area contributed by atoms with Crippen LogP contribution >= 0.6 is 0 Å². The van der Waals surface area contributed by atoms with Crippen molar-refractivity contribution in [2.75, 3.05) is 32.8 Å². The van der Waals surface area contributed by atoms with Crippen LogP contribution in [0.5, 0.6) is 5.75 Å². The molecule has 5 rings (SSSR count). The first-order valence-electron chi connectivity index (χ1n) is 11.9. The van der Waals surface area contributed by atoms with Crippen molar-refractivity contribution >= 4 is 5.91 Å². The molecular formula is C26H31N5O2. The molecule has 0 spiro atoms. The van der Waals surface area contributed by atoms with Crippen molar-refractivity contribution in [1.82, 2.24) is 24.3 Å². The maximum Gasteiger partial charge on any atom is 0.254 e. The van der Waals surface area contributed by atoms with Crippen molar-refractivity contribution in [2.24, 2.45) is 0 Å². The third-order valence-electron chi connectivity index (χ3n) is 6.66. The summed E-state index contributed by atoms with van der Waals surface area (Å²) in [5, 5.41) is 0. The number of aryl methyl sites for hydroxylation is 1. The maximum atomic E-state index is 13.3. The second kappa shape index (κ2) is 9.75. The van der Waals surface area contributed by atoms with Gasteiger partial charge in [0.25, 0.3) is 5.91 Å². The molecule has 0 radical (unpaired) electrons. The van der Waals surface area contributed by atoms with Gasteiger partial charge in [0, 0.05) is 31.0 Å². The Morgan fingerprint density at radius 3 is 2.64 bits per heavy atom. The molecule has 2 fully saturated rings. The molecule has 2 aromatic heterocycles. The van der Waals surface area contributed by atoms with Crippen molar-refractivity contribution < 1.29 is 9.53 Å². The predicted octanol–water partition coefficient (Wildman–Crippen LogP) is 4.03. The zero-order valence-electron chi connectivity index (χ0n) is 19.2. The Bertz CT molecular complexity index is 1090. The molecule has 0 saturated carbocycles. The Morgan fingerprint density at radius 2 is 1.88 bits per heavy atom. The van der Waals surface area contributed by atoms with Gasteiger partial charge in [-0.15, -0.1) is 0 Å². The van der Waals surface area contributed by atoms with Gasteiger partial charge in [-0.3, -0.25) is 14.3 Å². The van der Waals surface area contributed by atoms with E-state index in [2.05, 4.69) is 9.88 Å². The third kappa shape index (κ3) is 4.78. The van der Waals surface area contributed by atoms with Crippen molar-refractivity contribution in [2.45, 2.75) is 38.6 Å². The summed E-state index contributed by atoms with van der Waals surface area (Å²) >= 11 is 0. The highest BCUT2D eigenvalue weighted by Crippen LogP contribution is 2.33. The van der Waals surface area contributed by atoms with E-state index in [-0.39, 0.29) is 11.9 Å². The minimum absolute atomic E-state index is 0.0161. The van der Waals surface area contributed by atoms with Gasteiger partial charge in [-0.2, -0.15) is 0 Å². The zero-order valence-corrected chi connectivity index (χ0v) is 19.2. The average molecular weight is 446 g/mol. The van der Waals surface area contributed by atoms with Crippen LogP contribution in [0.15, 0.2) is 54.9 Å². The fourth-order valence-corrected chi connectivity index (χ4v) is 4.86. The number of nitrogens with zero attached hydrogens (tertiary/aromatic N) is 5. The second-order valence-corrected chi connectivity index (χ2v) is 8.84. The molecule has 2 aliphatic heterocycles. The number of likely N-dealkylation sites (tertiary alicyclic amines) is 2. The van der Waals surface area contributed by atoms with Crippen LogP contribution in [0, 0.1) is 6.92 Å². The van der Waals surface area contributed by atoms with Crippen LogP contribution in [0.25, 0.3) is 5.82 Å². The van der Waals surface area contributed by atoms with Gasteiger partial charge in [-0.1, -0.05) is 6.07 Å². The molecule has 7 heteroatoms. The first kappa shape index (κ1) is 21.6. The van der Waals surface area contributed by atoms with E-state index in [9.17, 15) is 4.79 Å². The van der Waals surface area contributed by atoms with Gasteiger partial charge in [0.2, 0.25) is 0 Å². The summed E-state index contributed by atoms with van der Waals surface area (Å²) in [6.45, 7) is 6.69. The van der Waals surface area contributed by atoms with E-state index in [0.717, 1.165) is 49.0 Å². The molecule has 0 bridgehead atoms. The van der Waals surface area contributed by atoms with Gasteiger partial charge >= 0.3 is 0 Å². The molecule has 1 aromatic carbocycles. The predicted molar refractivity (Wildman–Crippen MR) is 127 cm³/mol. The summed E-state index contributed by atoms with van der Waals surface area (Å²) < 4.78 is 7.86. The highest BCUT2D eigenvalue weighted by molar-refractivity contribution is 5.94. The monoisotopic (exact) mass is 445 g/mol. The number of aromatic nitrogens is 3. The lowest BCUT2D eigenvalue weighted by atomic mass is 10.1. The van der Waals surface area contributed by atoms with Gasteiger partial charge in [0.15, 0.2) is 0 Å². The van der Waals surface area contributed by atoms with Gasteiger partial charge in [0.05, 0.1) is 11.7 Å². The number of imidazole rings is 1. The lowest BCUT2D eigenvalue weighted by Gasteiger charge is -2.25. The molecule has 1 unspecified atom stereocenters. The molecule has 33 heavy (non-hydrogen) atoms. The quantitative estimate of drug-likeness (QED) is 0.550. The van der Waals surface area contributed by atoms with E-state index < -0.39 is 0 Å². The van der Waals surface area contributed by atoms with Crippen molar-refractivity contribution in [3.05, 3.63) is 71.9 Å². The smallest absolute Gasteiger partial charge is 0.254 e. The molecule has 172 valence electrons. The number of amides is 1. The summed E-state index contributed by atoms with van der Waals surface area (Å²) in [7, 11) is 0. The minimum Gasteiger partial charge on any atom is -0.492 e. The Kier molecular flexibility index (Phi) is 6.39. The van der Waals surface area contributed by atoms with E-state index in [1.807, 2.05) is 65.1 Å². The lowest BCUT2D eigenvalue weighted by molar-refractivity contribution is 0.0733. The zero-order chi connectivity index (χ0) is 22.6. The molecular weight excluding hydrogens is 414 g/mol. The number of benzene rings is 1. The van der Waals surface area contributed by atoms with Gasteiger partial charge in [0.1, 0.15) is 24.0 Å².